The second-order valence-electron chi connectivity index (χ2n) is 8.32. The van der Waals surface area contributed by atoms with Gasteiger partial charge in [0.25, 0.3) is 0 Å². The van der Waals surface area contributed by atoms with Gasteiger partial charge in [-0.2, -0.15) is 0 Å². The number of amides is 1. The zero-order valence-electron chi connectivity index (χ0n) is 17.3. The summed E-state index contributed by atoms with van der Waals surface area (Å²) >= 11 is 5.87. The predicted octanol–water partition coefficient (Wildman–Crippen LogP) is 3.12. The van der Waals surface area contributed by atoms with Crippen LogP contribution in [0.15, 0.2) is 30.6 Å². The lowest BCUT2D eigenvalue weighted by Crippen LogP contribution is -2.35. The number of nitrogens with two attached hydrogens (primary N) is 1. The van der Waals surface area contributed by atoms with Crippen molar-refractivity contribution < 1.29 is 13.9 Å². The summed E-state index contributed by atoms with van der Waals surface area (Å²) in [6.45, 7) is 2.51. The molecule has 1 aromatic heterocycles. The molecule has 1 saturated heterocycles. The molecule has 2 atom stereocenters. The molecule has 1 aromatic carbocycles. The minimum atomic E-state index is -0.457. The molecule has 2 aliphatic rings. The average molecular weight is 448 g/mol. The number of aromatic nitrogens is 2. The smallest absolute Gasteiger partial charge is 0.238 e. The molecular weight excluding hydrogens is 421 g/mol. The number of anilines is 1. The van der Waals surface area contributed by atoms with Crippen LogP contribution in [0.1, 0.15) is 31.2 Å². The molecule has 31 heavy (non-hydrogen) atoms. The number of hydrogen-bond donors (Lipinski definition) is 2. The maximum absolute atomic E-state index is 14.1. The summed E-state index contributed by atoms with van der Waals surface area (Å²) in [5, 5.41) is 0.555. The van der Waals surface area contributed by atoms with Crippen molar-refractivity contribution in [3.63, 3.8) is 0 Å². The summed E-state index contributed by atoms with van der Waals surface area (Å²) < 4.78 is 19.8. The second kappa shape index (κ2) is 9.78. The lowest BCUT2D eigenvalue weighted by Gasteiger charge is -2.32. The highest BCUT2D eigenvalue weighted by Gasteiger charge is 2.43. The number of benzene rings is 1. The van der Waals surface area contributed by atoms with Gasteiger partial charge in [-0.05, 0) is 55.1 Å². The van der Waals surface area contributed by atoms with Gasteiger partial charge in [-0.3, -0.25) is 10.2 Å². The number of carbonyl (C=O) groups excluding carboxylic acids is 1. The van der Waals surface area contributed by atoms with Crippen molar-refractivity contribution in [2.75, 3.05) is 24.6 Å². The fourth-order valence-corrected chi connectivity index (χ4v) is 4.59. The third kappa shape index (κ3) is 5.62. The van der Waals surface area contributed by atoms with Gasteiger partial charge in [0.05, 0.1) is 30.4 Å². The van der Waals surface area contributed by atoms with Crippen LogP contribution in [0.2, 0.25) is 5.02 Å². The van der Waals surface area contributed by atoms with E-state index in [1.807, 2.05) is 5.43 Å². The maximum Gasteiger partial charge on any atom is 0.238 e. The van der Waals surface area contributed by atoms with Crippen molar-refractivity contribution in [3.8, 4) is 5.75 Å². The number of piperidine rings is 1. The zero-order valence-corrected chi connectivity index (χ0v) is 18.0. The number of ether oxygens (including phenoxy) is 1. The summed E-state index contributed by atoms with van der Waals surface area (Å²) in [4.78, 5) is 22.1. The monoisotopic (exact) mass is 447 g/mol. The van der Waals surface area contributed by atoms with Gasteiger partial charge < -0.3 is 9.64 Å². The Bertz CT molecular complexity index is 905. The van der Waals surface area contributed by atoms with E-state index in [4.69, 9.17) is 22.2 Å². The van der Waals surface area contributed by atoms with Gasteiger partial charge in [0.15, 0.2) is 0 Å². The van der Waals surface area contributed by atoms with E-state index in [1.54, 1.807) is 24.5 Å². The number of halogens is 2. The molecule has 2 unspecified atom stereocenters. The summed E-state index contributed by atoms with van der Waals surface area (Å²) in [7, 11) is 0. The van der Waals surface area contributed by atoms with Crippen molar-refractivity contribution in [2.45, 2.75) is 32.1 Å². The van der Waals surface area contributed by atoms with Crippen LogP contribution < -0.4 is 20.9 Å². The highest BCUT2D eigenvalue weighted by molar-refractivity contribution is 6.30. The van der Waals surface area contributed by atoms with Crippen LogP contribution >= 0.6 is 11.6 Å². The molecule has 0 bridgehead atoms. The van der Waals surface area contributed by atoms with E-state index in [2.05, 4.69) is 14.9 Å². The van der Waals surface area contributed by atoms with Gasteiger partial charge in [0.2, 0.25) is 11.9 Å². The van der Waals surface area contributed by atoms with Gasteiger partial charge in [0, 0.05) is 19.2 Å². The minimum Gasteiger partial charge on any atom is -0.493 e. The third-order valence-electron chi connectivity index (χ3n) is 6.31. The molecule has 2 fully saturated rings. The quantitative estimate of drug-likeness (QED) is 0.367. The van der Waals surface area contributed by atoms with E-state index >= 15 is 0 Å². The van der Waals surface area contributed by atoms with Crippen molar-refractivity contribution in [1.29, 1.82) is 0 Å². The van der Waals surface area contributed by atoms with E-state index < -0.39 is 11.7 Å². The van der Waals surface area contributed by atoms with Crippen LogP contribution in [-0.2, 0) is 11.2 Å². The first-order valence-corrected chi connectivity index (χ1v) is 11.0. The minimum absolute atomic E-state index is 0.0880. The first-order chi connectivity index (χ1) is 15.0. The number of nitrogens with zero attached hydrogens (tertiary/aromatic N) is 3. The van der Waals surface area contributed by atoms with Crippen LogP contribution in [0.4, 0.5) is 10.3 Å². The van der Waals surface area contributed by atoms with Gasteiger partial charge in [-0.25, -0.2) is 20.2 Å². The normalized spacial score (nSPS) is 21.1. The van der Waals surface area contributed by atoms with Crippen molar-refractivity contribution in [1.82, 2.24) is 15.4 Å². The fourth-order valence-electron chi connectivity index (χ4n) is 4.49. The topological polar surface area (TPSA) is 93.4 Å². The number of rotatable bonds is 8. The summed E-state index contributed by atoms with van der Waals surface area (Å²) in [5.74, 6) is 7.57. The van der Waals surface area contributed by atoms with Crippen LogP contribution in [0, 0.1) is 23.6 Å². The van der Waals surface area contributed by atoms with Gasteiger partial charge >= 0.3 is 0 Å². The highest BCUT2D eigenvalue weighted by atomic mass is 35.5. The van der Waals surface area contributed by atoms with Crippen molar-refractivity contribution in [3.05, 3.63) is 47.0 Å². The molecule has 1 aliphatic carbocycles. The lowest BCUT2D eigenvalue weighted by molar-refractivity contribution is -0.120. The summed E-state index contributed by atoms with van der Waals surface area (Å²) in [6.07, 6.45) is 7.72. The first-order valence-electron chi connectivity index (χ1n) is 10.7. The van der Waals surface area contributed by atoms with E-state index in [9.17, 15) is 9.18 Å². The van der Waals surface area contributed by atoms with Gasteiger partial charge in [0.1, 0.15) is 11.6 Å². The Morgan fingerprint density at radius 3 is 2.71 bits per heavy atom. The largest absolute Gasteiger partial charge is 0.493 e. The highest BCUT2D eigenvalue weighted by Crippen LogP contribution is 2.49. The molecule has 166 valence electrons. The molecular formula is C22H27ClFN5O2. The molecule has 4 rings (SSSR count). The number of hydrogen-bond acceptors (Lipinski definition) is 6. The molecule has 2 heterocycles. The Labute approximate surface area is 186 Å². The number of hydrazine groups is 1. The third-order valence-corrected chi connectivity index (χ3v) is 6.50. The number of nitrogens with one attached hydrogen (secondary N) is 1. The molecule has 1 amide bonds. The fraction of sp³-hybridized carbons (Fsp3) is 0.500. The summed E-state index contributed by atoms with van der Waals surface area (Å²) in [5.41, 5.74) is 2.30. The van der Waals surface area contributed by atoms with E-state index in [0.29, 0.717) is 28.9 Å². The maximum atomic E-state index is 14.1. The first kappa shape index (κ1) is 21.8. The second-order valence-corrected chi connectivity index (χ2v) is 8.76. The van der Waals surface area contributed by atoms with Crippen LogP contribution in [0.25, 0.3) is 0 Å². The van der Waals surface area contributed by atoms with Gasteiger partial charge in [-0.1, -0.05) is 17.7 Å². The molecule has 0 spiro atoms. The van der Waals surface area contributed by atoms with Crippen LogP contribution in [0.3, 0.4) is 0 Å². The molecule has 7 nitrogen and oxygen atoms in total. The molecule has 9 heteroatoms. The van der Waals surface area contributed by atoms with E-state index in [1.165, 1.54) is 12.5 Å². The molecule has 2 aromatic rings. The molecule has 0 radical (unpaired) electrons. The zero-order chi connectivity index (χ0) is 21.8. The van der Waals surface area contributed by atoms with Gasteiger partial charge in [-0.15, -0.1) is 0 Å². The SMILES string of the molecule is NNC(=O)Cc1ccc(OCCC2CC2C2CCN(c3ncc(Cl)cn3)CC2)cc1F. The van der Waals surface area contributed by atoms with Crippen molar-refractivity contribution in [2.24, 2.45) is 23.6 Å². The summed E-state index contributed by atoms with van der Waals surface area (Å²) in [6, 6.07) is 4.59. The number of carbonyl (C=O) groups is 1. The lowest BCUT2D eigenvalue weighted by atomic mass is 9.90. The molecule has 3 N–H and O–H groups in total. The Hall–Kier alpha value is -2.45. The molecule has 1 aliphatic heterocycles. The Kier molecular flexibility index (Phi) is 6.87. The standard InChI is InChI=1S/C22H27ClFN5O2/c23-17-12-26-22(27-13-17)29-6-3-14(4-7-29)19-9-15(19)5-8-31-18-2-1-16(20(24)11-18)10-21(30)28-25/h1-2,11-15,19H,3-10,25H2,(H,28,30). The van der Waals surface area contributed by atoms with Crippen LogP contribution in [-0.4, -0.2) is 35.6 Å². The Morgan fingerprint density at radius 2 is 2.03 bits per heavy atom. The van der Waals surface area contributed by atoms with Crippen LogP contribution in [0.5, 0.6) is 5.75 Å². The van der Waals surface area contributed by atoms with E-state index in [-0.39, 0.29) is 6.42 Å². The molecule has 1 saturated carbocycles. The Balaban J connectivity index is 1.17. The van der Waals surface area contributed by atoms with E-state index in [0.717, 1.165) is 50.1 Å². The predicted molar refractivity (Wildman–Crippen MR) is 116 cm³/mol. The average Bonchev–Trinajstić information content (AvgIpc) is 3.56. The van der Waals surface area contributed by atoms with Crippen molar-refractivity contribution >= 4 is 23.5 Å². The Morgan fingerprint density at radius 1 is 1.29 bits per heavy atom.